The van der Waals surface area contributed by atoms with Gasteiger partial charge in [0.1, 0.15) is 11.6 Å². The average Bonchev–Trinajstić information content (AvgIpc) is 2.68. The van der Waals surface area contributed by atoms with Crippen molar-refractivity contribution in [3.05, 3.63) is 53.2 Å². The summed E-state index contributed by atoms with van der Waals surface area (Å²) in [7, 11) is 0. The van der Waals surface area contributed by atoms with Crippen molar-refractivity contribution < 1.29 is 14.3 Å². The molecule has 1 aliphatic rings. The lowest BCUT2D eigenvalue weighted by Crippen LogP contribution is -2.36. The number of carbonyl (C=O) groups is 1. The predicted octanol–water partition coefficient (Wildman–Crippen LogP) is 2.23. The normalized spacial score (nSPS) is 14.2. The molecule has 6 nitrogen and oxygen atoms in total. The third-order valence-electron chi connectivity index (χ3n) is 4.34. The van der Waals surface area contributed by atoms with Crippen LogP contribution in [0.25, 0.3) is 0 Å². The van der Waals surface area contributed by atoms with Crippen molar-refractivity contribution in [1.29, 1.82) is 0 Å². The van der Waals surface area contributed by atoms with Gasteiger partial charge in [0.15, 0.2) is 6.61 Å². The number of aryl methyl sites for hydroxylation is 2. The van der Waals surface area contributed by atoms with Crippen LogP contribution in [0.4, 0.5) is 5.82 Å². The van der Waals surface area contributed by atoms with Crippen LogP contribution in [0.3, 0.4) is 0 Å². The summed E-state index contributed by atoms with van der Waals surface area (Å²) in [5, 5.41) is 2.90. The number of carbonyl (C=O) groups excluding carboxylic acids is 1. The lowest BCUT2D eigenvalue weighted by atomic mass is 10.1. The average molecular weight is 355 g/mol. The summed E-state index contributed by atoms with van der Waals surface area (Å²) in [5.41, 5.74) is 3.15. The highest BCUT2D eigenvalue weighted by Gasteiger charge is 2.13. The number of nitrogens with one attached hydrogen (secondary N) is 1. The lowest BCUT2D eigenvalue weighted by Gasteiger charge is -2.28. The number of ether oxygens (including phenoxy) is 2. The molecule has 2 heterocycles. The Morgan fingerprint density at radius 1 is 1.23 bits per heavy atom. The molecule has 1 amide bonds. The van der Waals surface area contributed by atoms with Crippen molar-refractivity contribution in [2.24, 2.45) is 0 Å². The predicted molar refractivity (Wildman–Crippen MR) is 101 cm³/mol. The van der Waals surface area contributed by atoms with Gasteiger partial charge in [-0.05, 0) is 48.7 Å². The topological polar surface area (TPSA) is 63.7 Å². The van der Waals surface area contributed by atoms with Crippen molar-refractivity contribution in [2.45, 2.75) is 20.4 Å². The summed E-state index contributed by atoms with van der Waals surface area (Å²) in [6, 6.07) is 9.89. The van der Waals surface area contributed by atoms with Crippen LogP contribution in [-0.2, 0) is 16.1 Å². The Bertz CT molecular complexity index is 758. The molecule has 1 aliphatic heterocycles. The molecule has 0 saturated carbocycles. The van der Waals surface area contributed by atoms with Gasteiger partial charge < -0.3 is 19.7 Å². The van der Waals surface area contributed by atoms with Gasteiger partial charge in [0.2, 0.25) is 0 Å². The van der Waals surface area contributed by atoms with E-state index in [-0.39, 0.29) is 12.5 Å². The van der Waals surface area contributed by atoms with Gasteiger partial charge in [0, 0.05) is 25.8 Å². The van der Waals surface area contributed by atoms with Gasteiger partial charge in [-0.3, -0.25) is 4.79 Å². The summed E-state index contributed by atoms with van der Waals surface area (Å²) in [6.07, 6.45) is 1.78. The van der Waals surface area contributed by atoms with E-state index in [1.807, 2.05) is 44.2 Å². The molecule has 0 unspecified atom stereocenters. The molecular formula is C20H25N3O3. The van der Waals surface area contributed by atoms with Crippen LogP contribution in [-0.4, -0.2) is 43.8 Å². The summed E-state index contributed by atoms with van der Waals surface area (Å²) in [5.74, 6) is 1.53. The number of benzene rings is 1. The maximum atomic E-state index is 12.1. The number of pyridine rings is 1. The van der Waals surface area contributed by atoms with Crippen LogP contribution >= 0.6 is 0 Å². The highest BCUT2D eigenvalue weighted by molar-refractivity contribution is 5.77. The van der Waals surface area contributed by atoms with Crippen molar-refractivity contribution in [3.8, 4) is 5.75 Å². The zero-order valence-corrected chi connectivity index (χ0v) is 15.3. The quantitative estimate of drug-likeness (QED) is 0.861. The van der Waals surface area contributed by atoms with E-state index in [1.54, 1.807) is 6.20 Å². The first kappa shape index (κ1) is 18.2. The summed E-state index contributed by atoms with van der Waals surface area (Å²) >= 11 is 0. The molecule has 0 spiro atoms. The second-order valence-corrected chi connectivity index (χ2v) is 6.46. The van der Waals surface area contributed by atoms with Crippen LogP contribution in [0.1, 0.15) is 16.7 Å². The minimum Gasteiger partial charge on any atom is -0.483 e. The molecule has 0 atom stereocenters. The molecule has 2 aromatic rings. The van der Waals surface area contributed by atoms with Crippen LogP contribution in [0, 0.1) is 13.8 Å². The maximum absolute atomic E-state index is 12.1. The van der Waals surface area contributed by atoms with E-state index in [2.05, 4.69) is 15.2 Å². The first-order valence-electron chi connectivity index (χ1n) is 8.86. The second-order valence-electron chi connectivity index (χ2n) is 6.46. The fourth-order valence-electron chi connectivity index (χ4n) is 2.79. The molecule has 0 aliphatic carbocycles. The highest BCUT2D eigenvalue weighted by Crippen LogP contribution is 2.19. The van der Waals surface area contributed by atoms with Gasteiger partial charge in [-0.15, -0.1) is 0 Å². The van der Waals surface area contributed by atoms with Gasteiger partial charge >= 0.3 is 0 Å². The van der Waals surface area contributed by atoms with Crippen molar-refractivity contribution in [3.63, 3.8) is 0 Å². The number of rotatable bonds is 6. The van der Waals surface area contributed by atoms with Gasteiger partial charge in [-0.1, -0.05) is 12.1 Å². The van der Waals surface area contributed by atoms with Crippen LogP contribution in [0.15, 0.2) is 36.5 Å². The third-order valence-corrected chi connectivity index (χ3v) is 4.34. The highest BCUT2D eigenvalue weighted by atomic mass is 16.5. The molecule has 1 saturated heterocycles. The van der Waals surface area contributed by atoms with Gasteiger partial charge in [0.05, 0.1) is 13.2 Å². The van der Waals surface area contributed by atoms with Crippen LogP contribution in [0.2, 0.25) is 0 Å². The minimum atomic E-state index is -0.143. The molecule has 3 rings (SSSR count). The number of aromatic nitrogens is 1. The van der Waals surface area contributed by atoms with E-state index >= 15 is 0 Å². The SMILES string of the molecule is Cc1ccc(C)c(OCC(=O)NCc2ccnc(N3CCOCC3)c2)c1. The summed E-state index contributed by atoms with van der Waals surface area (Å²) in [4.78, 5) is 18.7. The Morgan fingerprint density at radius 2 is 2.04 bits per heavy atom. The van der Waals surface area contributed by atoms with Gasteiger partial charge in [0.25, 0.3) is 5.91 Å². The molecule has 1 N–H and O–H groups in total. The Morgan fingerprint density at radius 3 is 2.85 bits per heavy atom. The fraction of sp³-hybridized carbons (Fsp3) is 0.400. The zero-order valence-electron chi connectivity index (χ0n) is 15.3. The first-order valence-corrected chi connectivity index (χ1v) is 8.86. The van der Waals surface area contributed by atoms with E-state index in [0.717, 1.165) is 54.6 Å². The monoisotopic (exact) mass is 355 g/mol. The largest absolute Gasteiger partial charge is 0.483 e. The number of nitrogens with zero attached hydrogens (tertiary/aromatic N) is 2. The standard InChI is InChI=1S/C20H25N3O3/c1-15-3-4-16(2)18(11-15)26-14-20(24)22-13-17-5-6-21-19(12-17)23-7-9-25-10-8-23/h3-6,11-12H,7-10,13-14H2,1-2H3,(H,22,24). The molecule has 26 heavy (non-hydrogen) atoms. The molecule has 0 bridgehead atoms. The Kier molecular flexibility index (Phi) is 6.07. The molecule has 1 aromatic carbocycles. The van der Waals surface area contributed by atoms with Crippen LogP contribution in [0.5, 0.6) is 5.75 Å². The fourth-order valence-corrected chi connectivity index (χ4v) is 2.79. The van der Waals surface area contributed by atoms with Crippen molar-refractivity contribution in [2.75, 3.05) is 37.8 Å². The lowest BCUT2D eigenvalue weighted by molar-refractivity contribution is -0.123. The van der Waals surface area contributed by atoms with Crippen molar-refractivity contribution >= 4 is 11.7 Å². The molecule has 138 valence electrons. The molecule has 6 heteroatoms. The first-order chi connectivity index (χ1) is 12.6. The molecule has 0 radical (unpaired) electrons. The number of morpholine rings is 1. The van der Waals surface area contributed by atoms with Gasteiger partial charge in [-0.2, -0.15) is 0 Å². The number of amides is 1. The Balaban J connectivity index is 1.50. The van der Waals surface area contributed by atoms with Crippen molar-refractivity contribution in [1.82, 2.24) is 10.3 Å². The summed E-state index contributed by atoms with van der Waals surface area (Å²) < 4.78 is 11.0. The molecule has 1 aromatic heterocycles. The number of hydrogen-bond donors (Lipinski definition) is 1. The Hall–Kier alpha value is -2.60. The molecule has 1 fully saturated rings. The Labute approximate surface area is 154 Å². The van der Waals surface area contributed by atoms with E-state index < -0.39 is 0 Å². The van der Waals surface area contributed by atoms with Crippen LogP contribution < -0.4 is 15.0 Å². The second kappa shape index (κ2) is 8.67. The molecular weight excluding hydrogens is 330 g/mol. The minimum absolute atomic E-state index is 0.00565. The third kappa shape index (κ3) is 4.95. The van der Waals surface area contributed by atoms with E-state index in [1.165, 1.54) is 0 Å². The zero-order chi connectivity index (χ0) is 18.4. The van der Waals surface area contributed by atoms with E-state index in [9.17, 15) is 4.79 Å². The smallest absolute Gasteiger partial charge is 0.258 e. The summed E-state index contributed by atoms with van der Waals surface area (Å²) in [6.45, 7) is 7.55. The number of anilines is 1. The number of hydrogen-bond acceptors (Lipinski definition) is 5. The maximum Gasteiger partial charge on any atom is 0.258 e. The van der Waals surface area contributed by atoms with Gasteiger partial charge in [-0.25, -0.2) is 4.98 Å². The van der Waals surface area contributed by atoms with E-state index in [4.69, 9.17) is 9.47 Å². The van der Waals surface area contributed by atoms with E-state index in [0.29, 0.717) is 6.54 Å².